The number of rotatable bonds is 5. The van der Waals surface area contributed by atoms with Crippen molar-refractivity contribution in [2.24, 2.45) is 5.92 Å². The predicted molar refractivity (Wildman–Crippen MR) is 42.3 cm³/mol. The van der Waals surface area contributed by atoms with Crippen molar-refractivity contribution in [1.82, 2.24) is 5.32 Å². The van der Waals surface area contributed by atoms with Gasteiger partial charge in [0.25, 0.3) is 0 Å². The second kappa shape index (κ2) is 6.56. The largest absolute Gasteiger partial charge is 0.336 e. The monoisotopic (exact) mass is 150 g/mol. The van der Waals surface area contributed by atoms with Crippen molar-refractivity contribution >= 4 is 6.41 Å². The fraction of sp³-hybridized carbons (Fsp3) is 0.250. The van der Waals surface area contributed by atoms with Crippen LogP contribution in [0.1, 0.15) is 6.42 Å². The first kappa shape index (κ1) is 9.44. The summed E-state index contributed by atoms with van der Waals surface area (Å²) in [6.07, 6.45) is 5.89. The molecule has 0 fully saturated rings. The van der Waals surface area contributed by atoms with Crippen LogP contribution in [-0.4, -0.2) is 6.41 Å². The number of hydrogen-bond acceptors (Lipinski definition) is 2. The number of carbonyl (C=O) groups excluding carboxylic acids is 1. The fourth-order valence-corrected chi connectivity index (χ4v) is 0.565. The zero-order valence-corrected chi connectivity index (χ0v) is 6.16. The Bertz CT molecular complexity index is 191. The van der Waals surface area contributed by atoms with E-state index in [1.165, 1.54) is 6.20 Å². The molecule has 0 aliphatic rings. The van der Waals surface area contributed by atoms with Crippen LogP contribution in [0.25, 0.3) is 0 Å². The van der Waals surface area contributed by atoms with Gasteiger partial charge in [0.2, 0.25) is 6.41 Å². The molecule has 0 bridgehead atoms. The maximum atomic E-state index is 9.77. The molecule has 11 heavy (non-hydrogen) atoms. The summed E-state index contributed by atoms with van der Waals surface area (Å²) in [7, 11) is 0. The summed E-state index contributed by atoms with van der Waals surface area (Å²) in [6, 6.07) is 2.05. The molecule has 3 heteroatoms. The van der Waals surface area contributed by atoms with Crippen LogP contribution in [0.15, 0.2) is 24.9 Å². The molecular formula is C8H10N2O. The van der Waals surface area contributed by atoms with Gasteiger partial charge in [0.1, 0.15) is 0 Å². The van der Waals surface area contributed by atoms with E-state index in [1.54, 1.807) is 12.2 Å². The lowest BCUT2D eigenvalue weighted by molar-refractivity contribution is -0.108. The van der Waals surface area contributed by atoms with E-state index >= 15 is 0 Å². The molecule has 1 amide bonds. The average molecular weight is 150 g/mol. The number of allylic oxidation sites excluding steroid dienone is 2. The van der Waals surface area contributed by atoms with Crippen LogP contribution in [0.2, 0.25) is 0 Å². The number of carbonyl (C=O) groups is 1. The molecule has 0 saturated carbocycles. The molecule has 0 heterocycles. The van der Waals surface area contributed by atoms with Crippen molar-refractivity contribution in [2.45, 2.75) is 6.42 Å². The quantitative estimate of drug-likeness (QED) is 0.468. The molecule has 0 aromatic rings. The Labute approximate surface area is 66.0 Å². The third-order valence-corrected chi connectivity index (χ3v) is 1.08. The molecule has 1 atom stereocenters. The second-order valence-corrected chi connectivity index (χ2v) is 1.90. The van der Waals surface area contributed by atoms with Crippen LogP contribution in [0.3, 0.4) is 0 Å². The SMILES string of the molecule is C=CCC(C#N)/C=C/NC=O. The minimum absolute atomic E-state index is 0.194. The van der Waals surface area contributed by atoms with Gasteiger partial charge in [-0.25, -0.2) is 0 Å². The highest BCUT2D eigenvalue weighted by Crippen LogP contribution is 2.02. The Hall–Kier alpha value is -1.56. The van der Waals surface area contributed by atoms with Crippen LogP contribution >= 0.6 is 0 Å². The molecule has 0 aromatic heterocycles. The molecule has 1 N–H and O–H groups in total. The van der Waals surface area contributed by atoms with E-state index in [-0.39, 0.29) is 5.92 Å². The van der Waals surface area contributed by atoms with Crippen LogP contribution in [-0.2, 0) is 4.79 Å². The molecule has 0 aliphatic carbocycles. The first-order chi connectivity index (χ1) is 5.35. The third kappa shape index (κ3) is 4.91. The number of nitriles is 1. The molecule has 58 valence electrons. The highest BCUT2D eigenvalue weighted by atomic mass is 16.1. The summed E-state index contributed by atoms with van der Waals surface area (Å²) >= 11 is 0. The molecule has 0 radical (unpaired) electrons. The van der Waals surface area contributed by atoms with Crippen LogP contribution in [0.5, 0.6) is 0 Å². The highest BCUT2D eigenvalue weighted by Gasteiger charge is 1.96. The Morgan fingerprint density at radius 1 is 1.73 bits per heavy atom. The molecule has 0 spiro atoms. The lowest BCUT2D eigenvalue weighted by Crippen LogP contribution is -2.00. The maximum Gasteiger partial charge on any atom is 0.211 e. The number of amides is 1. The van der Waals surface area contributed by atoms with Crippen LogP contribution < -0.4 is 5.32 Å². The third-order valence-electron chi connectivity index (χ3n) is 1.08. The predicted octanol–water partition coefficient (Wildman–Crippen LogP) is 0.962. The van der Waals surface area contributed by atoms with Crippen LogP contribution in [0.4, 0.5) is 0 Å². The molecule has 3 nitrogen and oxygen atoms in total. The average Bonchev–Trinajstić information content (AvgIpc) is 2.03. The molecule has 0 aliphatic heterocycles. The van der Waals surface area contributed by atoms with Crippen molar-refractivity contribution in [2.75, 3.05) is 0 Å². The van der Waals surface area contributed by atoms with Gasteiger partial charge in [0, 0.05) is 6.20 Å². The van der Waals surface area contributed by atoms with Gasteiger partial charge in [0.05, 0.1) is 12.0 Å². The van der Waals surface area contributed by atoms with Gasteiger partial charge in [-0.3, -0.25) is 4.79 Å². The summed E-state index contributed by atoms with van der Waals surface area (Å²) in [6.45, 7) is 3.50. The van der Waals surface area contributed by atoms with Gasteiger partial charge < -0.3 is 5.32 Å². The Morgan fingerprint density at radius 3 is 2.91 bits per heavy atom. The number of nitrogens with one attached hydrogen (secondary N) is 1. The van der Waals surface area contributed by atoms with Gasteiger partial charge in [-0.2, -0.15) is 5.26 Å². The maximum absolute atomic E-state index is 9.77. The summed E-state index contributed by atoms with van der Waals surface area (Å²) in [5.41, 5.74) is 0. The normalized spacial score (nSPS) is 11.9. The molecule has 1 unspecified atom stereocenters. The van der Waals surface area contributed by atoms with Crippen molar-refractivity contribution < 1.29 is 4.79 Å². The van der Waals surface area contributed by atoms with E-state index < -0.39 is 0 Å². The van der Waals surface area contributed by atoms with E-state index in [4.69, 9.17) is 5.26 Å². The Balaban J connectivity index is 3.77. The minimum atomic E-state index is -0.194. The summed E-state index contributed by atoms with van der Waals surface area (Å²) in [5.74, 6) is -0.194. The van der Waals surface area contributed by atoms with E-state index in [0.29, 0.717) is 12.8 Å². The number of hydrogen-bond donors (Lipinski definition) is 1. The second-order valence-electron chi connectivity index (χ2n) is 1.90. The van der Waals surface area contributed by atoms with Crippen molar-refractivity contribution in [1.29, 1.82) is 5.26 Å². The van der Waals surface area contributed by atoms with Crippen molar-refractivity contribution in [3.05, 3.63) is 24.9 Å². The van der Waals surface area contributed by atoms with E-state index in [0.717, 1.165) is 0 Å². The Kier molecular flexibility index (Phi) is 5.63. The first-order valence-electron chi connectivity index (χ1n) is 3.22. The van der Waals surface area contributed by atoms with E-state index in [2.05, 4.69) is 11.9 Å². The van der Waals surface area contributed by atoms with E-state index in [1.807, 2.05) is 6.07 Å². The zero-order valence-electron chi connectivity index (χ0n) is 6.16. The van der Waals surface area contributed by atoms with Gasteiger partial charge in [-0.15, -0.1) is 6.58 Å². The number of nitrogens with zero attached hydrogens (tertiary/aromatic N) is 1. The standard InChI is InChI=1S/C8H10N2O/c1-2-3-8(6-9)4-5-10-7-11/h2,4-5,7-8H,1,3H2,(H,10,11)/b5-4+. The Morgan fingerprint density at radius 2 is 2.45 bits per heavy atom. The summed E-state index contributed by atoms with van der Waals surface area (Å²) < 4.78 is 0. The smallest absolute Gasteiger partial charge is 0.211 e. The molecule has 0 saturated heterocycles. The lowest BCUT2D eigenvalue weighted by atomic mass is 10.1. The summed E-state index contributed by atoms with van der Waals surface area (Å²) in [5, 5.41) is 10.8. The highest BCUT2D eigenvalue weighted by molar-refractivity contribution is 5.47. The van der Waals surface area contributed by atoms with Crippen molar-refractivity contribution in [3.8, 4) is 6.07 Å². The molecular weight excluding hydrogens is 140 g/mol. The van der Waals surface area contributed by atoms with Gasteiger partial charge in [-0.05, 0) is 6.42 Å². The van der Waals surface area contributed by atoms with Gasteiger partial charge >= 0.3 is 0 Å². The molecule has 0 rings (SSSR count). The van der Waals surface area contributed by atoms with E-state index in [9.17, 15) is 4.79 Å². The fourth-order valence-electron chi connectivity index (χ4n) is 0.565. The lowest BCUT2D eigenvalue weighted by Gasteiger charge is -1.95. The molecule has 0 aromatic carbocycles. The van der Waals surface area contributed by atoms with Gasteiger partial charge in [0.15, 0.2) is 0 Å². The van der Waals surface area contributed by atoms with Crippen LogP contribution in [0, 0.1) is 17.2 Å². The minimum Gasteiger partial charge on any atom is -0.336 e. The van der Waals surface area contributed by atoms with Crippen molar-refractivity contribution in [3.63, 3.8) is 0 Å². The summed E-state index contributed by atoms with van der Waals surface area (Å²) in [4.78, 5) is 9.77. The topological polar surface area (TPSA) is 52.9 Å². The van der Waals surface area contributed by atoms with Gasteiger partial charge in [-0.1, -0.05) is 12.2 Å². The first-order valence-corrected chi connectivity index (χ1v) is 3.22. The zero-order chi connectivity index (χ0) is 8.53.